The van der Waals surface area contributed by atoms with Crippen LogP contribution in [0.15, 0.2) is 54.6 Å². The van der Waals surface area contributed by atoms with E-state index in [0.717, 1.165) is 0 Å². The highest BCUT2D eigenvalue weighted by Gasteiger charge is 2.07. The molecule has 0 saturated carbocycles. The molecule has 2 aromatic rings. The van der Waals surface area contributed by atoms with Crippen molar-refractivity contribution in [3.63, 3.8) is 0 Å². The Morgan fingerprint density at radius 3 is 2.63 bits per heavy atom. The number of nitro benzene ring substituents is 1. The summed E-state index contributed by atoms with van der Waals surface area (Å²) >= 11 is 0. The van der Waals surface area contributed by atoms with Gasteiger partial charge in [0.05, 0.1) is 12.0 Å². The molecule has 27 heavy (non-hydrogen) atoms. The first-order valence-corrected chi connectivity index (χ1v) is 8.13. The lowest BCUT2D eigenvalue weighted by Crippen LogP contribution is -2.34. The number of non-ortho nitro benzene ring substituents is 1. The lowest BCUT2D eigenvalue weighted by atomic mass is 10.2. The summed E-state index contributed by atoms with van der Waals surface area (Å²) in [5.41, 5.74) is 0.478. The highest BCUT2D eigenvalue weighted by Crippen LogP contribution is 2.17. The van der Waals surface area contributed by atoms with Crippen molar-refractivity contribution in [1.29, 1.82) is 0 Å². The second kappa shape index (κ2) is 9.93. The molecule has 0 aliphatic carbocycles. The molecule has 0 radical (unpaired) electrons. The second-order valence-corrected chi connectivity index (χ2v) is 5.57. The maximum atomic E-state index is 11.8. The van der Waals surface area contributed by atoms with Crippen LogP contribution in [0.25, 0.3) is 6.08 Å². The minimum Gasteiger partial charge on any atom is -0.497 e. The summed E-state index contributed by atoms with van der Waals surface area (Å²) in [7, 11) is 1.57. The topological polar surface area (TPSA) is 111 Å². The zero-order chi connectivity index (χ0) is 19.6. The number of benzene rings is 2. The van der Waals surface area contributed by atoms with Crippen LogP contribution in [0, 0.1) is 10.1 Å². The van der Waals surface area contributed by atoms with E-state index in [9.17, 15) is 20.0 Å². The first kappa shape index (κ1) is 19.9. The minimum atomic E-state index is -0.887. The monoisotopic (exact) mass is 372 g/mol. The molecule has 1 atom stereocenters. The standard InChI is InChI=1S/C19H20N2O6/c1-26-17-6-8-18(9-7-17)27-13-16(22)12-20-19(23)10-5-14-3-2-4-15(11-14)21(24)25/h2-11,16,22H,12-13H2,1H3,(H,20,23)/b10-5+/t16-/m1/s1. The maximum absolute atomic E-state index is 11.8. The van der Waals surface area contributed by atoms with Crippen LogP contribution in [0.5, 0.6) is 11.5 Å². The quantitative estimate of drug-likeness (QED) is 0.396. The molecule has 2 N–H and O–H groups in total. The number of aliphatic hydroxyl groups excluding tert-OH is 1. The van der Waals surface area contributed by atoms with Crippen LogP contribution in [-0.2, 0) is 4.79 Å². The molecular formula is C19H20N2O6. The maximum Gasteiger partial charge on any atom is 0.270 e. The van der Waals surface area contributed by atoms with Gasteiger partial charge in [-0.3, -0.25) is 14.9 Å². The number of carbonyl (C=O) groups excluding carboxylic acids is 1. The van der Waals surface area contributed by atoms with Crippen LogP contribution in [-0.4, -0.2) is 42.3 Å². The average molecular weight is 372 g/mol. The van der Waals surface area contributed by atoms with Gasteiger partial charge in [0, 0.05) is 24.8 Å². The summed E-state index contributed by atoms with van der Waals surface area (Å²) in [6.45, 7) is 0.0233. The number of amides is 1. The lowest BCUT2D eigenvalue weighted by molar-refractivity contribution is -0.384. The average Bonchev–Trinajstić information content (AvgIpc) is 2.69. The normalized spacial score (nSPS) is 11.8. The molecule has 0 heterocycles. The van der Waals surface area contributed by atoms with Crippen LogP contribution in [0.3, 0.4) is 0 Å². The van der Waals surface area contributed by atoms with Gasteiger partial charge in [0.2, 0.25) is 5.91 Å². The second-order valence-electron chi connectivity index (χ2n) is 5.57. The fraction of sp³-hybridized carbons (Fsp3) is 0.211. The molecule has 8 nitrogen and oxygen atoms in total. The van der Waals surface area contributed by atoms with Crippen molar-refractivity contribution in [2.24, 2.45) is 0 Å². The van der Waals surface area contributed by atoms with E-state index >= 15 is 0 Å². The van der Waals surface area contributed by atoms with Gasteiger partial charge in [-0.05, 0) is 35.9 Å². The van der Waals surface area contributed by atoms with Gasteiger partial charge >= 0.3 is 0 Å². The first-order chi connectivity index (χ1) is 13.0. The van der Waals surface area contributed by atoms with Crippen molar-refractivity contribution in [2.75, 3.05) is 20.3 Å². The van der Waals surface area contributed by atoms with Crippen LogP contribution < -0.4 is 14.8 Å². The van der Waals surface area contributed by atoms with E-state index < -0.39 is 16.9 Å². The Labute approximate surface area is 156 Å². The number of ether oxygens (including phenoxy) is 2. The molecule has 0 aromatic heterocycles. The summed E-state index contributed by atoms with van der Waals surface area (Å²) in [6, 6.07) is 12.8. The van der Waals surface area contributed by atoms with E-state index in [-0.39, 0.29) is 18.8 Å². The fourth-order valence-corrected chi connectivity index (χ4v) is 2.11. The molecule has 2 aromatic carbocycles. The summed E-state index contributed by atoms with van der Waals surface area (Å²) in [5, 5.41) is 23.1. The van der Waals surface area contributed by atoms with Gasteiger partial charge < -0.3 is 19.9 Å². The smallest absolute Gasteiger partial charge is 0.270 e. The van der Waals surface area contributed by atoms with Gasteiger partial charge in [-0.2, -0.15) is 0 Å². The Bertz CT molecular complexity index is 804. The molecule has 0 spiro atoms. The first-order valence-electron chi connectivity index (χ1n) is 8.13. The number of hydrogen-bond acceptors (Lipinski definition) is 6. The third-order valence-electron chi connectivity index (χ3n) is 3.52. The number of aliphatic hydroxyl groups is 1. The highest BCUT2D eigenvalue weighted by molar-refractivity contribution is 5.91. The van der Waals surface area contributed by atoms with Gasteiger partial charge in [-0.25, -0.2) is 0 Å². The number of rotatable bonds is 9. The van der Waals surface area contributed by atoms with Gasteiger partial charge in [0.15, 0.2) is 0 Å². The predicted molar refractivity (Wildman–Crippen MR) is 99.6 cm³/mol. The van der Waals surface area contributed by atoms with Crippen molar-refractivity contribution < 1.29 is 24.3 Å². The SMILES string of the molecule is COc1ccc(OC[C@H](O)CNC(=O)/C=C/c2cccc([N+](=O)[O-])c2)cc1. The summed E-state index contributed by atoms with van der Waals surface area (Å²) in [5.74, 6) is 0.849. The van der Waals surface area contributed by atoms with Gasteiger partial charge in [0.25, 0.3) is 5.69 Å². The van der Waals surface area contributed by atoms with E-state index in [1.165, 1.54) is 30.4 Å². The molecule has 2 rings (SSSR count). The molecular weight excluding hydrogens is 352 g/mol. The van der Waals surface area contributed by atoms with E-state index in [0.29, 0.717) is 17.1 Å². The predicted octanol–water partition coefficient (Wildman–Crippen LogP) is 2.17. The number of hydrogen-bond donors (Lipinski definition) is 2. The molecule has 0 fully saturated rings. The Morgan fingerprint density at radius 1 is 1.26 bits per heavy atom. The van der Waals surface area contributed by atoms with Gasteiger partial charge in [0.1, 0.15) is 24.2 Å². The van der Waals surface area contributed by atoms with Crippen LogP contribution >= 0.6 is 0 Å². The number of carbonyl (C=O) groups is 1. The van der Waals surface area contributed by atoms with Crippen molar-refractivity contribution in [2.45, 2.75) is 6.10 Å². The van der Waals surface area contributed by atoms with E-state index in [1.54, 1.807) is 37.4 Å². The number of nitrogens with one attached hydrogen (secondary N) is 1. The molecule has 0 saturated heterocycles. The van der Waals surface area contributed by atoms with E-state index in [4.69, 9.17) is 9.47 Å². The minimum absolute atomic E-state index is 0.00820. The van der Waals surface area contributed by atoms with Crippen molar-refractivity contribution >= 4 is 17.7 Å². The van der Waals surface area contributed by atoms with Gasteiger partial charge in [-0.15, -0.1) is 0 Å². The highest BCUT2D eigenvalue weighted by atomic mass is 16.6. The van der Waals surface area contributed by atoms with Crippen molar-refractivity contribution in [1.82, 2.24) is 5.32 Å². The Balaban J connectivity index is 1.75. The van der Waals surface area contributed by atoms with Crippen molar-refractivity contribution in [3.05, 3.63) is 70.3 Å². The molecule has 8 heteroatoms. The van der Waals surface area contributed by atoms with E-state index in [2.05, 4.69) is 5.32 Å². The van der Waals surface area contributed by atoms with E-state index in [1.807, 2.05) is 0 Å². The molecule has 0 bridgehead atoms. The molecule has 0 aliphatic rings. The number of nitro groups is 1. The largest absolute Gasteiger partial charge is 0.497 e. The zero-order valence-corrected chi connectivity index (χ0v) is 14.7. The fourth-order valence-electron chi connectivity index (χ4n) is 2.11. The summed E-state index contributed by atoms with van der Waals surface area (Å²) in [4.78, 5) is 22.0. The van der Waals surface area contributed by atoms with Crippen LogP contribution in [0.2, 0.25) is 0 Å². The zero-order valence-electron chi connectivity index (χ0n) is 14.7. The van der Waals surface area contributed by atoms with Crippen LogP contribution in [0.4, 0.5) is 5.69 Å². The molecule has 0 unspecified atom stereocenters. The van der Waals surface area contributed by atoms with Crippen LogP contribution in [0.1, 0.15) is 5.56 Å². The molecule has 142 valence electrons. The third-order valence-corrected chi connectivity index (χ3v) is 3.52. The third kappa shape index (κ3) is 6.79. The Morgan fingerprint density at radius 2 is 1.96 bits per heavy atom. The lowest BCUT2D eigenvalue weighted by Gasteiger charge is -2.13. The number of nitrogens with zero attached hydrogens (tertiary/aromatic N) is 1. The summed E-state index contributed by atoms with van der Waals surface area (Å²) in [6.07, 6.45) is 1.82. The molecule has 0 aliphatic heterocycles. The van der Waals surface area contributed by atoms with Gasteiger partial charge in [-0.1, -0.05) is 12.1 Å². The number of methoxy groups -OCH3 is 1. The van der Waals surface area contributed by atoms with Crippen molar-refractivity contribution in [3.8, 4) is 11.5 Å². The summed E-state index contributed by atoms with van der Waals surface area (Å²) < 4.78 is 10.5. The Kier molecular flexibility index (Phi) is 7.33. The Hall–Kier alpha value is -3.39. The molecule has 1 amide bonds.